The van der Waals surface area contributed by atoms with Crippen molar-refractivity contribution < 1.29 is 27.5 Å². The Kier molecular flexibility index (Phi) is 5.61. The molecule has 0 saturated heterocycles. The van der Waals surface area contributed by atoms with Gasteiger partial charge >= 0.3 is 6.18 Å². The van der Waals surface area contributed by atoms with E-state index in [2.05, 4.69) is 11.9 Å². The van der Waals surface area contributed by atoms with Crippen molar-refractivity contribution in [2.45, 2.75) is 20.0 Å². The van der Waals surface area contributed by atoms with Crippen LogP contribution in [-0.4, -0.2) is 25.0 Å². The molecule has 8 heteroatoms. The predicted molar refractivity (Wildman–Crippen MR) is 108 cm³/mol. The summed E-state index contributed by atoms with van der Waals surface area (Å²) in [5.41, 5.74) is -1.53. The quantitative estimate of drug-likeness (QED) is 0.719. The van der Waals surface area contributed by atoms with Gasteiger partial charge in [-0.05, 0) is 38.1 Å². The number of halogens is 3. The summed E-state index contributed by atoms with van der Waals surface area (Å²) in [7, 11) is 0. The van der Waals surface area contributed by atoms with E-state index in [0.717, 1.165) is 12.1 Å². The lowest BCUT2D eigenvalue weighted by atomic mass is 9.93. The smallest absolute Gasteiger partial charge is 0.417 e. The van der Waals surface area contributed by atoms with Gasteiger partial charge in [0.25, 0.3) is 5.91 Å². The van der Waals surface area contributed by atoms with Crippen molar-refractivity contribution in [3.05, 3.63) is 66.2 Å². The molecule has 0 spiro atoms. The minimum atomic E-state index is -4.65. The summed E-state index contributed by atoms with van der Waals surface area (Å²) < 4.78 is 45.4. The third-order valence-corrected chi connectivity index (χ3v) is 4.71. The highest BCUT2D eigenvalue weighted by molar-refractivity contribution is 6.06. The fourth-order valence-electron chi connectivity index (χ4n) is 3.16. The average molecular weight is 418 g/mol. The van der Waals surface area contributed by atoms with Crippen LogP contribution in [0.4, 0.5) is 24.5 Å². The molecular formula is C22H21F3N2O3. The first-order chi connectivity index (χ1) is 14.0. The van der Waals surface area contributed by atoms with Gasteiger partial charge in [0, 0.05) is 18.3 Å². The highest BCUT2D eigenvalue weighted by Gasteiger charge is 2.38. The van der Waals surface area contributed by atoms with Crippen LogP contribution in [0.15, 0.2) is 55.1 Å². The number of ether oxygens (including phenoxy) is 1. The molecule has 2 amide bonds. The Morgan fingerprint density at radius 1 is 1.27 bits per heavy atom. The van der Waals surface area contributed by atoms with E-state index in [1.807, 2.05) is 0 Å². The first-order valence-corrected chi connectivity index (χ1v) is 9.22. The Morgan fingerprint density at radius 3 is 2.63 bits per heavy atom. The highest BCUT2D eigenvalue weighted by Crippen LogP contribution is 2.38. The van der Waals surface area contributed by atoms with Gasteiger partial charge in [0.15, 0.2) is 0 Å². The van der Waals surface area contributed by atoms with Crippen LogP contribution >= 0.6 is 0 Å². The SMILES string of the molecule is C=CCN1C(=O)C(C)(C)COc2cc(NC(=O)c3ccccc3C(F)(F)F)ccc21. The summed E-state index contributed by atoms with van der Waals surface area (Å²) in [6, 6.07) is 9.16. The molecule has 1 aliphatic heterocycles. The Balaban J connectivity index is 1.93. The van der Waals surface area contributed by atoms with E-state index in [1.54, 1.807) is 26.0 Å². The fraction of sp³-hybridized carbons (Fsp3) is 0.273. The first kappa shape index (κ1) is 21.4. The molecule has 0 fully saturated rings. The van der Waals surface area contributed by atoms with Gasteiger partial charge < -0.3 is 15.0 Å². The van der Waals surface area contributed by atoms with E-state index >= 15 is 0 Å². The summed E-state index contributed by atoms with van der Waals surface area (Å²) >= 11 is 0. The maximum absolute atomic E-state index is 13.2. The second kappa shape index (κ2) is 7.85. The Hall–Kier alpha value is -3.29. The van der Waals surface area contributed by atoms with Crippen LogP contribution in [0.2, 0.25) is 0 Å². The molecule has 1 aliphatic rings. The maximum Gasteiger partial charge on any atom is 0.417 e. The summed E-state index contributed by atoms with van der Waals surface area (Å²) in [4.78, 5) is 26.9. The lowest BCUT2D eigenvalue weighted by Crippen LogP contribution is -2.42. The lowest BCUT2D eigenvalue weighted by molar-refractivity contribution is -0.137. The molecule has 0 aliphatic carbocycles. The molecule has 1 heterocycles. The number of anilines is 2. The molecule has 30 heavy (non-hydrogen) atoms. The third kappa shape index (κ3) is 4.17. The summed E-state index contributed by atoms with van der Waals surface area (Å²) in [6.45, 7) is 7.57. The minimum Gasteiger partial charge on any atom is -0.490 e. The van der Waals surface area contributed by atoms with Gasteiger partial charge in [0.1, 0.15) is 12.4 Å². The number of hydrogen-bond acceptors (Lipinski definition) is 3. The van der Waals surface area contributed by atoms with Crippen molar-refractivity contribution in [1.29, 1.82) is 0 Å². The van der Waals surface area contributed by atoms with E-state index in [0.29, 0.717) is 11.4 Å². The topological polar surface area (TPSA) is 58.6 Å². The fourth-order valence-corrected chi connectivity index (χ4v) is 3.16. The van der Waals surface area contributed by atoms with E-state index in [-0.39, 0.29) is 24.7 Å². The second-order valence-electron chi connectivity index (χ2n) is 7.56. The number of nitrogens with zero attached hydrogens (tertiary/aromatic N) is 1. The van der Waals surface area contributed by atoms with Crippen LogP contribution in [-0.2, 0) is 11.0 Å². The molecule has 3 rings (SSSR count). The van der Waals surface area contributed by atoms with Crippen LogP contribution in [0, 0.1) is 5.41 Å². The van der Waals surface area contributed by atoms with Crippen molar-refractivity contribution in [1.82, 2.24) is 0 Å². The van der Waals surface area contributed by atoms with Crippen LogP contribution < -0.4 is 15.0 Å². The lowest BCUT2D eigenvalue weighted by Gasteiger charge is -2.27. The molecule has 0 unspecified atom stereocenters. The van der Waals surface area contributed by atoms with Gasteiger partial charge in [0.05, 0.1) is 22.2 Å². The van der Waals surface area contributed by atoms with E-state index < -0.39 is 28.6 Å². The molecule has 0 atom stereocenters. The number of benzene rings is 2. The number of alkyl halides is 3. The molecule has 0 saturated carbocycles. The van der Waals surface area contributed by atoms with Crippen LogP contribution in [0.25, 0.3) is 0 Å². The summed E-state index contributed by atoms with van der Waals surface area (Å²) in [5, 5.41) is 2.48. The van der Waals surface area contributed by atoms with E-state index in [9.17, 15) is 22.8 Å². The number of rotatable bonds is 4. The van der Waals surface area contributed by atoms with E-state index in [1.165, 1.54) is 29.2 Å². The molecule has 1 N–H and O–H groups in total. The van der Waals surface area contributed by atoms with Crippen molar-refractivity contribution in [2.24, 2.45) is 5.41 Å². The van der Waals surface area contributed by atoms with Crippen molar-refractivity contribution >= 4 is 23.2 Å². The molecule has 0 bridgehead atoms. The standard InChI is InChI=1S/C22H21F3N2O3/c1-4-11-27-17-10-9-14(12-18(17)30-13-21(2,3)20(27)29)26-19(28)15-7-5-6-8-16(15)22(23,24)25/h4-10,12H,1,11,13H2,2-3H3,(H,26,28). The van der Waals surface area contributed by atoms with Crippen molar-refractivity contribution in [3.8, 4) is 5.75 Å². The number of amides is 2. The zero-order chi connectivity index (χ0) is 22.1. The summed E-state index contributed by atoms with van der Waals surface area (Å²) in [5.74, 6) is -0.689. The van der Waals surface area contributed by atoms with Crippen molar-refractivity contribution in [3.63, 3.8) is 0 Å². The van der Waals surface area contributed by atoms with Gasteiger partial charge in [-0.2, -0.15) is 13.2 Å². The zero-order valence-corrected chi connectivity index (χ0v) is 16.5. The maximum atomic E-state index is 13.2. The number of fused-ring (bicyclic) bond motifs is 1. The summed E-state index contributed by atoms with van der Waals surface area (Å²) in [6.07, 6.45) is -3.06. The molecule has 2 aromatic carbocycles. The molecule has 0 radical (unpaired) electrons. The highest BCUT2D eigenvalue weighted by atomic mass is 19.4. The number of carbonyl (C=O) groups excluding carboxylic acids is 2. The number of nitrogens with one attached hydrogen (secondary N) is 1. The normalized spacial score (nSPS) is 15.6. The van der Waals surface area contributed by atoms with Gasteiger partial charge in [0.2, 0.25) is 5.91 Å². The van der Waals surface area contributed by atoms with Gasteiger partial charge in [-0.1, -0.05) is 18.2 Å². The minimum absolute atomic E-state index is 0.112. The van der Waals surface area contributed by atoms with Gasteiger partial charge in [-0.3, -0.25) is 9.59 Å². The Labute approximate surface area is 172 Å². The monoisotopic (exact) mass is 418 g/mol. The van der Waals surface area contributed by atoms with Crippen LogP contribution in [0.1, 0.15) is 29.8 Å². The first-order valence-electron chi connectivity index (χ1n) is 9.22. The van der Waals surface area contributed by atoms with Crippen molar-refractivity contribution in [2.75, 3.05) is 23.4 Å². The zero-order valence-electron chi connectivity index (χ0n) is 16.5. The molecule has 2 aromatic rings. The molecular weight excluding hydrogens is 397 g/mol. The van der Waals surface area contributed by atoms with Gasteiger partial charge in [-0.15, -0.1) is 6.58 Å². The Bertz CT molecular complexity index is 999. The second-order valence-corrected chi connectivity index (χ2v) is 7.56. The number of carbonyl (C=O) groups is 2. The number of hydrogen-bond donors (Lipinski definition) is 1. The van der Waals surface area contributed by atoms with Crippen LogP contribution in [0.3, 0.4) is 0 Å². The van der Waals surface area contributed by atoms with Gasteiger partial charge in [-0.25, -0.2) is 0 Å². The molecule has 158 valence electrons. The average Bonchev–Trinajstić information content (AvgIpc) is 2.78. The third-order valence-electron chi connectivity index (χ3n) is 4.71. The van der Waals surface area contributed by atoms with Crippen LogP contribution in [0.5, 0.6) is 5.75 Å². The molecule has 0 aromatic heterocycles. The molecule has 5 nitrogen and oxygen atoms in total. The van der Waals surface area contributed by atoms with E-state index in [4.69, 9.17) is 4.74 Å². The Morgan fingerprint density at radius 2 is 1.97 bits per heavy atom. The largest absolute Gasteiger partial charge is 0.490 e. The predicted octanol–water partition coefficient (Wildman–Crippen LogP) is 4.90.